The van der Waals surface area contributed by atoms with E-state index in [1.165, 1.54) is 12.0 Å². The Morgan fingerprint density at radius 2 is 1.76 bits per heavy atom. The SMILES string of the molecule is ClCCl.O=c1[nH]nc(CCSCCCCl)c2c1CCCC2. The molecular weight excluding hydrogens is 351 g/mol. The van der Waals surface area contributed by atoms with Crippen LogP contribution >= 0.6 is 46.6 Å². The van der Waals surface area contributed by atoms with E-state index in [9.17, 15) is 4.79 Å². The van der Waals surface area contributed by atoms with Gasteiger partial charge < -0.3 is 0 Å². The summed E-state index contributed by atoms with van der Waals surface area (Å²) in [6.45, 7) is 0. The lowest BCUT2D eigenvalue weighted by Gasteiger charge is -2.17. The topological polar surface area (TPSA) is 45.8 Å². The molecule has 0 aliphatic heterocycles. The standard InChI is InChI=1S/C13H19ClN2OS.CH2Cl2/c14-7-3-8-18-9-6-12-10-4-1-2-5-11(10)13(17)16-15-12;2-1-3/h1-9H2,(H,16,17);1H2. The van der Waals surface area contributed by atoms with Crippen molar-refractivity contribution in [1.29, 1.82) is 0 Å². The molecule has 0 aromatic carbocycles. The van der Waals surface area contributed by atoms with Crippen LogP contribution in [0.1, 0.15) is 36.1 Å². The maximum absolute atomic E-state index is 11.7. The Balaban J connectivity index is 0.000000677. The summed E-state index contributed by atoms with van der Waals surface area (Å²) in [5.74, 6) is 2.90. The van der Waals surface area contributed by atoms with Crippen molar-refractivity contribution >= 4 is 46.6 Å². The summed E-state index contributed by atoms with van der Waals surface area (Å²) in [4.78, 5) is 11.7. The minimum absolute atomic E-state index is 0.0169. The Morgan fingerprint density at radius 1 is 1.10 bits per heavy atom. The second-order valence-corrected chi connectivity index (χ2v) is 7.08. The molecule has 1 aliphatic rings. The number of nitrogens with zero attached hydrogens (tertiary/aromatic N) is 1. The molecule has 0 amide bonds. The number of rotatable bonds is 6. The van der Waals surface area contributed by atoms with Gasteiger partial charge in [-0.2, -0.15) is 16.9 Å². The quantitative estimate of drug-likeness (QED) is 0.608. The molecule has 0 saturated carbocycles. The molecule has 0 atom stereocenters. The van der Waals surface area contributed by atoms with Crippen LogP contribution in [0.3, 0.4) is 0 Å². The van der Waals surface area contributed by atoms with E-state index in [4.69, 9.17) is 34.8 Å². The molecule has 1 heterocycles. The number of fused-ring (bicyclic) bond motifs is 1. The summed E-state index contributed by atoms with van der Waals surface area (Å²) in [6, 6.07) is 0. The van der Waals surface area contributed by atoms with Crippen molar-refractivity contribution in [2.75, 3.05) is 22.7 Å². The highest BCUT2D eigenvalue weighted by Gasteiger charge is 2.17. The van der Waals surface area contributed by atoms with Crippen LogP contribution in [0, 0.1) is 0 Å². The molecule has 1 aromatic rings. The van der Waals surface area contributed by atoms with Gasteiger partial charge in [-0.3, -0.25) is 4.79 Å². The molecule has 1 aliphatic carbocycles. The Hall–Kier alpha value is 0.1000. The average Bonchev–Trinajstić information content (AvgIpc) is 2.50. The number of alkyl halides is 3. The monoisotopic (exact) mass is 370 g/mol. The van der Waals surface area contributed by atoms with Crippen molar-refractivity contribution in [1.82, 2.24) is 10.2 Å². The molecule has 1 aromatic heterocycles. The average molecular weight is 372 g/mol. The van der Waals surface area contributed by atoms with Gasteiger partial charge in [0.25, 0.3) is 5.56 Å². The zero-order valence-corrected chi connectivity index (χ0v) is 15.1. The highest BCUT2D eigenvalue weighted by molar-refractivity contribution is 7.99. The van der Waals surface area contributed by atoms with E-state index in [0.717, 1.165) is 60.7 Å². The van der Waals surface area contributed by atoms with E-state index >= 15 is 0 Å². The fraction of sp³-hybridized carbons (Fsp3) is 0.714. The van der Waals surface area contributed by atoms with Gasteiger partial charge in [-0.1, -0.05) is 0 Å². The normalized spacial score (nSPS) is 13.3. The van der Waals surface area contributed by atoms with Crippen molar-refractivity contribution in [2.45, 2.75) is 38.5 Å². The molecule has 0 saturated heterocycles. The maximum atomic E-state index is 11.7. The minimum Gasteiger partial charge on any atom is -0.268 e. The second kappa shape index (κ2) is 11.6. The predicted octanol–water partition coefficient (Wildman–Crippen LogP) is 3.97. The van der Waals surface area contributed by atoms with Gasteiger partial charge in [0.05, 0.1) is 11.0 Å². The summed E-state index contributed by atoms with van der Waals surface area (Å²) in [5, 5.41) is 7.07. The second-order valence-electron chi connectivity index (χ2n) is 4.67. The van der Waals surface area contributed by atoms with Crippen LogP contribution in [-0.2, 0) is 19.3 Å². The van der Waals surface area contributed by atoms with Crippen molar-refractivity contribution in [3.05, 3.63) is 27.2 Å². The molecule has 1 N–H and O–H groups in total. The lowest BCUT2D eigenvalue weighted by Crippen LogP contribution is -2.23. The zero-order valence-electron chi connectivity index (χ0n) is 12.0. The van der Waals surface area contributed by atoms with E-state index in [1.807, 2.05) is 11.8 Å². The molecule has 7 heteroatoms. The van der Waals surface area contributed by atoms with Gasteiger partial charge >= 0.3 is 0 Å². The largest absolute Gasteiger partial charge is 0.268 e. The van der Waals surface area contributed by atoms with Crippen molar-refractivity contribution in [3.63, 3.8) is 0 Å². The van der Waals surface area contributed by atoms with Crippen LogP contribution < -0.4 is 5.56 Å². The van der Waals surface area contributed by atoms with Gasteiger partial charge in [0.1, 0.15) is 0 Å². The van der Waals surface area contributed by atoms with E-state index in [1.54, 1.807) is 0 Å². The molecule has 0 radical (unpaired) electrons. The van der Waals surface area contributed by atoms with Crippen LogP contribution in [0.5, 0.6) is 0 Å². The minimum atomic E-state index is 0.0169. The number of aromatic amines is 1. The highest BCUT2D eigenvalue weighted by Crippen LogP contribution is 2.21. The van der Waals surface area contributed by atoms with Crippen molar-refractivity contribution < 1.29 is 0 Å². The molecule has 120 valence electrons. The third-order valence-corrected chi connectivity index (χ3v) is 4.63. The molecule has 0 unspecified atom stereocenters. The maximum Gasteiger partial charge on any atom is 0.267 e. The first-order valence-corrected chi connectivity index (χ1v) is 9.85. The van der Waals surface area contributed by atoms with Crippen molar-refractivity contribution in [2.24, 2.45) is 0 Å². The van der Waals surface area contributed by atoms with Crippen LogP contribution in [0.25, 0.3) is 0 Å². The smallest absolute Gasteiger partial charge is 0.267 e. The first-order chi connectivity index (χ1) is 10.2. The Morgan fingerprint density at radius 3 is 2.43 bits per heavy atom. The predicted molar refractivity (Wildman–Crippen MR) is 94.4 cm³/mol. The number of aromatic nitrogens is 2. The third-order valence-electron chi connectivity index (χ3n) is 3.29. The van der Waals surface area contributed by atoms with Crippen LogP contribution in [0.2, 0.25) is 0 Å². The number of hydrogen-bond donors (Lipinski definition) is 1. The first kappa shape index (κ1) is 19.1. The summed E-state index contributed by atoms with van der Waals surface area (Å²) in [6.07, 6.45) is 6.26. The molecule has 2 rings (SSSR count). The molecule has 21 heavy (non-hydrogen) atoms. The number of H-pyrrole nitrogens is 1. The van der Waals surface area contributed by atoms with Gasteiger partial charge in [-0.05, 0) is 49.2 Å². The van der Waals surface area contributed by atoms with E-state index in [-0.39, 0.29) is 10.9 Å². The van der Waals surface area contributed by atoms with E-state index < -0.39 is 0 Å². The van der Waals surface area contributed by atoms with E-state index in [2.05, 4.69) is 10.2 Å². The lowest BCUT2D eigenvalue weighted by atomic mass is 9.91. The molecule has 3 nitrogen and oxygen atoms in total. The fourth-order valence-corrected chi connectivity index (χ4v) is 3.54. The van der Waals surface area contributed by atoms with Gasteiger partial charge in [-0.15, -0.1) is 34.8 Å². The van der Waals surface area contributed by atoms with Gasteiger partial charge in [0.15, 0.2) is 0 Å². The number of hydrogen-bond acceptors (Lipinski definition) is 3. The molecule has 0 bridgehead atoms. The Kier molecular flexibility index (Phi) is 10.6. The fourth-order valence-electron chi connectivity index (χ4n) is 2.36. The number of nitrogens with one attached hydrogen (secondary N) is 1. The molecular formula is C14H21Cl3N2OS. The zero-order chi connectivity index (χ0) is 15.5. The number of aryl methyl sites for hydroxylation is 1. The van der Waals surface area contributed by atoms with Crippen LogP contribution in [0.15, 0.2) is 4.79 Å². The van der Waals surface area contributed by atoms with Crippen LogP contribution in [-0.4, -0.2) is 32.9 Å². The molecule has 0 spiro atoms. The van der Waals surface area contributed by atoms with Gasteiger partial charge in [-0.25, -0.2) is 5.10 Å². The summed E-state index contributed by atoms with van der Waals surface area (Å²) in [5.41, 5.74) is 3.32. The first-order valence-electron chi connectivity index (χ1n) is 7.09. The summed E-state index contributed by atoms with van der Waals surface area (Å²) >= 11 is 17.1. The molecule has 0 fully saturated rings. The lowest BCUT2D eigenvalue weighted by molar-refractivity contribution is 0.654. The van der Waals surface area contributed by atoms with Gasteiger partial charge in [0.2, 0.25) is 0 Å². The van der Waals surface area contributed by atoms with Crippen LogP contribution in [0.4, 0.5) is 0 Å². The van der Waals surface area contributed by atoms with E-state index in [0.29, 0.717) is 0 Å². The van der Waals surface area contributed by atoms with Crippen molar-refractivity contribution in [3.8, 4) is 0 Å². The highest BCUT2D eigenvalue weighted by atomic mass is 35.5. The number of thioether (sulfide) groups is 1. The summed E-state index contributed by atoms with van der Waals surface area (Å²) in [7, 11) is 0. The Labute approximate surface area is 145 Å². The van der Waals surface area contributed by atoms with Gasteiger partial charge in [0, 0.05) is 17.9 Å². The third kappa shape index (κ3) is 6.81. The summed E-state index contributed by atoms with van der Waals surface area (Å²) < 4.78 is 0. The Bertz CT molecular complexity index is 468. The number of halogens is 3.